The number of carboxylic acids is 1. The Morgan fingerprint density at radius 1 is 1.38 bits per heavy atom. The summed E-state index contributed by atoms with van der Waals surface area (Å²) in [6.07, 6.45) is 0.683. The van der Waals surface area contributed by atoms with E-state index in [0.29, 0.717) is 11.4 Å². The summed E-state index contributed by atoms with van der Waals surface area (Å²) in [5.74, 6) is -1.06. The van der Waals surface area contributed by atoms with Crippen LogP contribution in [0.2, 0.25) is 5.02 Å². The highest BCUT2D eigenvalue weighted by atomic mass is 35.5. The Balaban J connectivity index is 0.00000128. The second-order valence-corrected chi connectivity index (χ2v) is 4.15. The van der Waals surface area contributed by atoms with Gasteiger partial charge in [-0.05, 0) is 30.7 Å². The number of nitrogens with one attached hydrogen (secondary N) is 1. The molecule has 2 atom stereocenters. The molecule has 88 valence electrons. The normalized spacial score (nSPS) is 23.8. The molecular formula is C11H13Cl2NO2. The van der Waals surface area contributed by atoms with E-state index >= 15 is 0 Å². The van der Waals surface area contributed by atoms with E-state index < -0.39 is 5.97 Å². The number of rotatable bonds is 2. The van der Waals surface area contributed by atoms with Crippen LogP contribution < -0.4 is 5.32 Å². The third-order valence-corrected chi connectivity index (χ3v) is 3.02. The number of benzene rings is 1. The van der Waals surface area contributed by atoms with E-state index in [0.717, 1.165) is 12.1 Å². The Hall–Kier alpha value is -0.770. The average Bonchev–Trinajstić information content (AvgIpc) is 2.67. The number of carbonyl (C=O) groups is 1. The van der Waals surface area contributed by atoms with Gasteiger partial charge in [-0.25, -0.2) is 0 Å². The number of aliphatic carboxylic acids is 1. The smallest absolute Gasteiger partial charge is 0.308 e. The largest absolute Gasteiger partial charge is 0.481 e. The third-order valence-electron chi connectivity index (χ3n) is 2.77. The minimum absolute atomic E-state index is 0. The molecule has 1 heterocycles. The third kappa shape index (κ3) is 2.67. The lowest BCUT2D eigenvalue weighted by molar-refractivity contribution is -0.142. The van der Waals surface area contributed by atoms with Gasteiger partial charge in [0.2, 0.25) is 0 Å². The first-order chi connectivity index (χ1) is 7.18. The van der Waals surface area contributed by atoms with E-state index in [1.54, 1.807) is 12.1 Å². The summed E-state index contributed by atoms with van der Waals surface area (Å²) >= 11 is 5.78. The van der Waals surface area contributed by atoms with Gasteiger partial charge in [0.1, 0.15) is 0 Å². The molecule has 5 heteroatoms. The fraction of sp³-hybridized carbons (Fsp3) is 0.364. The summed E-state index contributed by atoms with van der Waals surface area (Å²) < 4.78 is 0. The summed E-state index contributed by atoms with van der Waals surface area (Å²) in [5, 5.41) is 12.9. The molecule has 2 unspecified atom stereocenters. The van der Waals surface area contributed by atoms with Crippen LogP contribution in [0.1, 0.15) is 18.0 Å². The predicted octanol–water partition coefficient (Wildman–Crippen LogP) is 2.50. The lowest BCUT2D eigenvalue weighted by Gasteiger charge is -2.16. The highest BCUT2D eigenvalue weighted by Gasteiger charge is 2.33. The fourth-order valence-electron chi connectivity index (χ4n) is 1.99. The van der Waals surface area contributed by atoms with Gasteiger partial charge in [0, 0.05) is 11.1 Å². The van der Waals surface area contributed by atoms with Crippen LogP contribution in [0.3, 0.4) is 0 Å². The molecule has 0 saturated carbocycles. The van der Waals surface area contributed by atoms with Crippen molar-refractivity contribution in [3.8, 4) is 0 Å². The molecule has 2 N–H and O–H groups in total. The minimum atomic E-state index is -0.736. The molecule has 2 rings (SSSR count). The Morgan fingerprint density at radius 2 is 2.00 bits per heavy atom. The molecule has 16 heavy (non-hydrogen) atoms. The van der Waals surface area contributed by atoms with Crippen molar-refractivity contribution in [3.63, 3.8) is 0 Å². The SMILES string of the molecule is Cl.O=C(O)C1CCNC1c1ccc(Cl)cc1. The molecule has 3 nitrogen and oxygen atoms in total. The average molecular weight is 262 g/mol. The number of hydrogen-bond donors (Lipinski definition) is 2. The van der Waals surface area contributed by atoms with Gasteiger partial charge < -0.3 is 10.4 Å². The highest BCUT2D eigenvalue weighted by Crippen LogP contribution is 2.30. The molecule has 0 spiro atoms. The van der Waals surface area contributed by atoms with Crippen LogP contribution in [-0.2, 0) is 4.79 Å². The van der Waals surface area contributed by atoms with Gasteiger partial charge >= 0.3 is 5.97 Å². The number of carboxylic acid groups (broad SMARTS) is 1. The molecular weight excluding hydrogens is 249 g/mol. The zero-order chi connectivity index (χ0) is 10.8. The van der Waals surface area contributed by atoms with Gasteiger partial charge in [0.25, 0.3) is 0 Å². The molecule has 0 aliphatic carbocycles. The van der Waals surface area contributed by atoms with Crippen molar-refractivity contribution in [1.82, 2.24) is 5.32 Å². The van der Waals surface area contributed by atoms with E-state index in [-0.39, 0.29) is 24.4 Å². The maximum Gasteiger partial charge on any atom is 0.308 e. The summed E-state index contributed by atoms with van der Waals surface area (Å²) in [4.78, 5) is 11.0. The lowest BCUT2D eigenvalue weighted by atomic mass is 9.94. The Bertz CT molecular complexity index is 367. The van der Waals surface area contributed by atoms with E-state index in [4.69, 9.17) is 16.7 Å². The highest BCUT2D eigenvalue weighted by molar-refractivity contribution is 6.30. The minimum Gasteiger partial charge on any atom is -0.481 e. The van der Waals surface area contributed by atoms with E-state index in [1.807, 2.05) is 12.1 Å². The first-order valence-corrected chi connectivity index (χ1v) is 5.28. The lowest BCUT2D eigenvalue weighted by Crippen LogP contribution is -2.23. The zero-order valence-electron chi connectivity index (χ0n) is 8.52. The molecule has 0 bridgehead atoms. The van der Waals surface area contributed by atoms with Gasteiger partial charge in [-0.1, -0.05) is 23.7 Å². The number of hydrogen-bond acceptors (Lipinski definition) is 2. The van der Waals surface area contributed by atoms with E-state index in [2.05, 4.69) is 5.32 Å². The molecule has 1 aromatic carbocycles. The second kappa shape index (κ2) is 5.53. The van der Waals surface area contributed by atoms with Crippen LogP contribution in [0.15, 0.2) is 24.3 Å². The molecule has 1 fully saturated rings. The predicted molar refractivity (Wildman–Crippen MR) is 65.2 cm³/mol. The molecule has 1 aliphatic rings. The van der Waals surface area contributed by atoms with Crippen molar-refractivity contribution in [3.05, 3.63) is 34.9 Å². The Morgan fingerprint density at radius 3 is 2.56 bits per heavy atom. The van der Waals surface area contributed by atoms with Gasteiger partial charge in [-0.3, -0.25) is 4.79 Å². The first-order valence-electron chi connectivity index (χ1n) is 4.90. The summed E-state index contributed by atoms with van der Waals surface area (Å²) in [6.45, 7) is 0.754. The topological polar surface area (TPSA) is 49.3 Å². The van der Waals surface area contributed by atoms with Crippen molar-refractivity contribution in [2.24, 2.45) is 5.92 Å². The summed E-state index contributed by atoms with van der Waals surface area (Å²) in [6, 6.07) is 7.24. The van der Waals surface area contributed by atoms with Crippen molar-refractivity contribution in [1.29, 1.82) is 0 Å². The first kappa shape index (κ1) is 13.3. The Labute approximate surface area is 105 Å². The van der Waals surface area contributed by atoms with Gasteiger partial charge in [0.15, 0.2) is 0 Å². The monoisotopic (exact) mass is 261 g/mol. The summed E-state index contributed by atoms with van der Waals surface area (Å²) in [5.41, 5.74) is 0.990. The Kier molecular flexibility index (Phi) is 4.59. The summed E-state index contributed by atoms with van der Waals surface area (Å²) in [7, 11) is 0. The molecule has 1 aromatic rings. The van der Waals surface area contributed by atoms with Crippen LogP contribution >= 0.6 is 24.0 Å². The van der Waals surface area contributed by atoms with Gasteiger partial charge in [-0.2, -0.15) is 0 Å². The van der Waals surface area contributed by atoms with Crippen molar-refractivity contribution in [2.45, 2.75) is 12.5 Å². The molecule has 0 amide bonds. The quantitative estimate of drug-likeness (QED) is 0.860. The molecule has 0 aromatic heterocycles. The van der Waals surface area contributed by atoms with Gasteiger partial charge in [-0.15, -0.1) is 12.4 Å². The van der Waals surface area contributed by atoms with Crippen LogP contribution in [0, 0.1) is 5.92 Å². The maximum atomic E-state index is 11.0. The van der Waals surface area contributed by atoms with E-state index in [9.17, 15) is 4.79 Å². The maximum absolute atomic E-state index is 11.0. The fourth-order valence-corrected chi connectivity index (χ4v) is 2.12. The number of halogens is 2. The van der Waals surface area contributed by atoms with Crippen LogP contribution in [0.4, 0.5) is 0 Å². The standard InChI is InChI=1S/C11H12ClNO2.ClH/c12-8-3-1-7(2-4-8)10-9(11(14)15)5-6-13-10;/h1-4,9-10,13H,5-6H2,(H,14,15);1H. The molecule has 0 radical (unpaired) electrons. The van der Waals surface area contributed by atoms with Crippen LogP contribution in [0.5, 0.6) is 0 Å². The molecule has 1 saturated heterocycles. The van der Waals surface area contributed by atoms with Gasteiger partial charge in [0.05, 0.1) is 5.92 Å². The zero-order valence-corrected chi connectivity index (χ0v) is 10.1. The van der Waals surface area contributed by atoms with Crippen molar-refractivity contribution >= 4 is 30.0 Å². The second-order valence-electron chi connectivity index (χ2n) is 3.72. The van der Waals surface area contributed by atoms with Crippen molar-refractivity contribution < 1.29 is 9.90 Å². The molecule has 1 aliphatic heterocycles. The van der Waals surface area contributed by atoms with Crippen LogP contribution in [0.25, 0.3) is 0 Å². The van der Waals surface area contributed by atoms with Crippen LogP contribution in [-0.4, -0.2) is 17.6 Å². The van der Waals surface area contributed by atoms with E-state index in [1.165, 1.54) is 0 Å². The van der Waals surface area contributed by atoms with Crippen molar-refractivity contribution in [2.75, 3.05) is 6.54 Å².